The summed E-state index contributed by atoms with van der Waals surface area (Å²) >= 11 is 3.32. The van der Waals surface area contributed by atoms with E-state index in [0.29, 0.717) is 11.8 Å². The van der Waals surface area contributed by atoms with Gasteiger partial charge in [0.15, 0.2) is 5.16 Å². The smallest absolute Gasteiger partial charge is 0.268 e. The second kappa shape index (κ2) is 4.84. The standard InChI is InChI=1S/C11H16N2OS2/c1-4-13-10(14)9-8(6-7(3)16-9)12-11(13)15-5-2/h7H,4-6H2,1-3H3/t7-/m1/s1. The second-order valence-corrected chi connectivity index (χ2v) is 6.47. The summed E-state index contributed by atoms with van der Waals surface area (Å²) in [5, 5.41) is 1.37. The first-order valence-corrected chi connectivity index (χ1v) is 7.47. The van der Waals surface area contributed by atoms with Crippen LogP contribution in [0.5, 0.6) is 0 Å². The molecule has 1 aromatic heterocycles. The predicted octanol–water partition coefficient (Wildman–Crippen LogP) is 2.41. The van der Waals surface area contributed by atoms with Gasteiger partial charge in [0.05, 0.1) is 10.6 Å². The lowest BCUT2D eigenvalue weighted by atomic mass is 10.2. The highest BCUT2D eigenvalue weighted by molar-refractivity contribution is 8.00. The second-order valence-electron chi connectivity index (χ2n) is 3.79. The SMILES string of the molecule is CCSc1nc2c(c(=O)n1CC)S[C@H](C)C2. The summed E-state index contributed by atoms with van der Waals surface area (Å²) in [6, 6.07) is 0. The van der Waals surface area contributed by atoms with Crippen molar-refractivity contribution >= 4 is 23.5 Å². The normalized spacial score (nSPS) is 18.8. The Hall–Kier alpha value is -0.420. The molecule has 0 spiro atoms. The minimum absolute atomic E-state index is 0.151. The van der Waals surface area contributed by atoms with E-state index in [0.717, 1.165) is 27.9 Å². The van der Waals surface area contributed by atoms with E-state index < -0.39 is 0 Å². The Labute approximate surface area is 104 Å². The number of thioether (sulfide) groups is 2. The van der Waals surface area contributed by atoms with Gasteiger partial charge in [-0.1, -0.05) is 25.6 Å². The lowest BCUT2D eigenvalue weighted by molar-refractivity contribution is 0.595. The number of fused-ring (bicyclic) bond motifs is 1. The Bertz CT molecular complexity index is 456. The van der Waals surface area contributed by atoms with E-state index >= 15 is 0 Å². The highest BCUT2D eigenvalue weighted by atomic mass is 32.2. The Morgan fingerprint density at radius 2 is 2.31 bits per heavy atom. The minimum atomic E-state index is 0.151. The van der Waals surface area contributed by atoms with Gasteiger partial charge in [0, 0.05) is 18.2 Å². The molecule has 0 N–H and O–H groups in total. The average Bonchev–Trinajstić information content (AvgIpc) is 2.60. The van der Waals surface area contributed by atoms with E-state index in [-0.39, 0.29) is 5.56 Å². The van der Waals surface area contributed by atoms with Gasteiger partial charge in [-0.15, -0.1) is 11.8 Å². The van der Waals surface area contributed by atoms with Crippen LogP contribution < -0.4 is 5.56 Å². The van der Waals surface area contributed by atoms with Crippen LogP contribution in [0.2, 0.25) is 0 Å². The largest absolute Gasteiger partial charge is 0.287 e. The van der Waals surface area contributed by atoms with Gasteiger partial charge in [-0.2, -0.15) is 0 Å². The fourth-order valence-corrected chi connectivity index (χ4v) is 3.77. The van der Waals surface area contributed by atoms with Gasteiger partial charge >= 0.3 is 0 Å². The first-order valence-electron chi connectivity index (χ1n) is 5.60. The van der Waals surface area contributed by atoms with Crippen molar-refractivity contribution in [2.45, 2.75) is 49.0 Å². The van der Waals surface area contributed by atoms with Crippen molar-refractivity contribution in [3.8, 4) is 0 Å². The molecule has 1 aliphatic heterocycles. The summed E-state index contributed by atoms with van der Waals surface area (Å²) in [4.78, 5) is 17.7. The van der Waals surface area contributed by atoms with Crippen molar-refractivity contribution in [3.63, 3.8) is 0 Å². The number of aromatic nitrogens is 2. The summed E-state index contributed by atoms with van der Waals surface area (Å²) in [6.07, 6.45) is 0.928. The molecule has 88 valence electrons. The van der Waals surface area contributed by atoms with Crippen LogP contribution >= 0.6 is 23.5 Å². The molecule has 3 nitrogen and oxygen atoms in total. The molecule has 0 bridgehead atoms. The number of hydrogen-bond donors (Lipinski definition) is 0. The van der Waals surface area contributed by atoms with Gasteiger partial charge in [0.1, 0.15) is 0 Å². The molecule has 0 saturated carbocycles. The van der Waals surface area contributed by atoms with Gasteiger partial charge in [-0.3, -0.25) is 9.36 Å². The van der Waals surface area contributed by atoms with Crippen LogP contribution in [-0.4, -0.2) is 20.6 Å². The Balaban J connectivity index is 2.54. The summed E-state index contributed by atoms with van der Waals surface area (Å²) in [6.45, 7) is 6.94. The Morgan fingerprint density at radius 3 is 2.94 bits per heavy atom. The zero-order chi connectivity index (χ0) is 11.7. The Kier molecular flexibility index (Phi) is 3.64. The van der Waals surface area contributed by atoms with E-state index in [1.54, 1.807) is 28.1 Å². The van der Waals surface area contributed by atoms with Crippen LogP contribution in [0.1, 0.15) is 26.5 Å². The maximum absolute atomic E-state index is 12.2. The molecule has 0 radical (unpaired) electrons. The average molecular weight is 256 g/mol. The molecule has 1 aromatic rings. The fourth-order valence-electron chi connectivity index (χ4n) is 1.85. The van der Waals surface area contributed by atoms with Crippen molar-refractivity contribution in [2.75, 3.05) is 5.75 Å². The van der Waals surface area contributed by atoms with E-state index in [2.05, 4.69) is 18.8 Å². The van der Waals surface area contributed by atoms with Crippen molar-refractivity contribution in [2.24, 2.45) is 0 Å². The van der Waals surface area contributed by atoms with Crippen LogP contribution in [0.3, 0.4) is 0 Å². The number of rotatable bonds is 3. The molecule has 1 aliphatic rings. The van der Waals surface area contributed by atoms with Gasteiger partial charge < -0.3 is 0 Å². The van der Waals surface area contributed by atoms with E-state index in [9.17, 15) is 4.79 Å². The topological polar surface area (TPSA) is 34.9 Å². The molecule has 0 fully saturated rings. The maximum Gasteiger partial charge on any atom is 0.268 e. The highest BCUT2D eigenvalue weighted by Crippen LogP contribution is 2.33. The number of nitrogens with zero attached hydrogens (tertiary/aromatic N) is 2. The van der Waals surface area contributed by atoms with Crippen LogP contribution in [0.25, 0.3) is 0 Å². The van der Waals surface area contributed by atoms with Gasteiger partial charge in [-0.05, 0) is 12.7 Å². The van der Waals surface area contributed by atoms with E-state index in [4.69, 9.17) is 0 Å². The molecular formula is C11H16N2OS2. The summed E-state index contributed by atoms with van der Waals surface area (Å²) < 4.78 is 1.79. The van der Waals surface area contributed by atoms with Crippen LogP contribution in [0.4, 0.5) is 0 Å². The van der Waals surface area contributed by atoms with Crippen molar-refractivity contribution < 1.29 is 0 Å². The van der Waals surface area contributed by atoms with Gasteiger partial charge in [-0.25, -0.2) is 4.98 Å². The molecule has 1 atom stereocenters. The molecule has 5 heteroatoms. The fraction of sp³-hybridized carbons (Fsp3) is 0.636. The summed E-state index contributed by atoms with van der Waals surface area (Å²) in [5.74, 6) is 0.952. The summed E-state index contributed by atoms with van der Waals surface area (Å²) in [7, 11) is 0. The quantitative estimate of drug-likeness (QED) is 0.614. The monoisotopic (exact) mass is 256 g/mol. The Morgan fingerprint density at radius 1 is 1.56 bits per heavy atom. The maximum atomic E-state index is 12.2. The molecule has 0 unspecified atom stereocenters. The molecule has 2 heterocycles. The van der Waals surface area contributed by atoms with Crippen molar-refractivity contribution in [1.29, 1.82) is 0 Å². The third-order valence-corrected chi connectivity index (χ3v) is 4.63. The van der Waals surface area contributed by atoms with E-state index in [1.807, 2.05) is 6.92 Å². The first-order chi connectivity index (χ1) is 7.67. The lowest BCUT2D eigenvalue weighted by Crippen LogP contribution is -2.24. The number of hydrogen-bond acceptors (Lipinski definition) is 4. The predicted molar refractivity (Wildman–Crippen MR) is 69.6 cm³/mol. The molecule has 2 rings (SSSR count). The van der Waals surface area contributed by atoms with E-state index in [1.165, 1.54) is 0 Å². The zero-order valence-electron chi connectivity index (χ0n) is 9.82. The van der Waals surface area contributed by atoms with Crippen LogP contribution in [-0.2, 0) is 13.0 Å². The third-order valence-electron chi connectivity index (χ3n) is 2.55. The lowest BCUT2D eigenvalue weighted by Gasteiger charge is -2.10. The molecule has 16 heavy (non-hydrogen) atoms. The zero-order valence-corrected chi connectivity index (χ0v) is 11.5. The van der Waals surface area contributed by atoms with Crippen molar-refractivity contribution in [3.05, 3.63) is 16.0 Å². The van der Waals surface area contributed by atoms with Gasteiger partial charge in [0.2, 0.25) is 0 Å². The third kappa shape index (κ3) is 2.02. The molecule has 0 aromatic carbocycles. The van der Waals surface area contributed by atoms with Gasteiger partial charge in [0.25, 0.3) is 5.56 Å². The molecule has 0 saturated heterocycles. The molecule has 0 amide bonds. The highest BCUT2D eigenvalue weighted by Gasteiger charge is 2.25. The first kappa shape index (κ1) is 12.0. The molecular weight excluding hydrogens is 240 g/mol. The van der Waals surface area contributed by atoms with Crippen LogP contribution in [0.15, 0.2) is 14.8 Å². The molecule has 0 aliphatic carbocycles. The van der Waals surface area contributed by atoms with Crippen molar-refractivity contribution in [1.82, 2.24) is 9.55 Å². The van der Waals surface area contributed by atoms with Crippen LogP contribution in [0, 0.1) is 0 Å². The summed E-state index contributed by atoms with van der Waals surface area (Å²) in [5.41, 5.74) is 1.15. The minimum Gasteiger partial charge on any atom is -0.287 e.